The van der Waals surface area contributed by atoms with Gasteiger partial charge in [-0.05, 0) is 24.7 Å². The minimum Gasteiger partial charge on any atom is -0.469 e. The van der Waals surface area contributed by atoms with Gasteiger partial charge in [-0.3, -0.25) is 4.79 Å². The normalized spacial score (nSPS) is 23.9. The molecule has 19 heavy (non-hydrogen) atoms. The van der Waals surface area contributed by atoms with Gasteiger partial charge in [-0.1, -0.05) is 20.8 Å². The monoisotopic (exact) mass is 271 g/mol. The lowest BCUT2D eigenvalue weighted by molar-refractivity contribution is -0.147. The molecule has 1 fully saturated rings. The summed E-state index contributed by atoms with van der Waals surface area (Å²) >= 11 is 0. The van der Waals surface area contributed by atoms with Crippen LogP contribution in [0.3, 0.4) is 0 Å². The molecular formula is C14H25NO4. The van der Waals surface area contributed by atoms with Crippen LogP contribution in [0.5, 0.6) is 0 Å². The Morgan fingerprint density at radius 1 is 1.21 bits per heavy atom. The zero-order valence-electron chi connectivity index (χ0n) is 12.6. The minimum atomic E-state index is -0.308. The summed E-state index contributed by atoms with van der Waals surface area (Å²) in [6, 6.07) is 0.0327. The average Bonchev–Trinajstić information content (AvgIpc) is 2.35. The van der Waals surface area contributed by atoms with Crippen LogP contribution in [0.25, 0.3) is 0 Å². The van der Waals surface area contributed by atoms with Gasteiger partial charge in [0.25, 0.3) is 0 Å². The third-order valence-electron chi connectivity index (χ3n) is 3.51. The molecule has 0 aliphatic carbocycles. The van der Waals surface area contributed by atoms with Crippen molar-refractivity contribution in [3.8, 4) is 0 Å². The highest BCUT2D eigenvalue weighted by Crippen LogP contribution is 2.32. The van der Waals surface area contributed by atoms with E-state index in [9.17, 15) is 9.59 Å². The van der Waals surface area contributed by atoms with Gasteiger partial charge >= 0.3 is 12.1 Å². The number of carbonyl (C=O) groups excluding carboxylic acids is 2. The van der Waals surface area contributed by atoms with Gasteiger partial charge in [0.2, 0.25) is 0 Å². The number of piperidine rings is 1. The molecule has 1 heterocycles. The minimum absolute atomic E-state index is 0.0327. The van der Waals surface area contributed by atoms with Crippen LogP contribution in [0.2, 0.25) is 0 Å². The van der Waals surface area contributed by atoms with Gasteiger partial charge in [-0.25, -0.2) is 4.79 Å². The molecule has 1 rings (SSSR count). The smallest absolute Gasteiger partial charge is 0.409 e. The lowest BCUT2D eigenvalue weighted by Crippen LogP contribution is -2.48. The number of hydrogen-bond donors (Lipinski definition) is 0. The molecule has 0 radical (unpaired) electrons. The van der Waals surface area contributed by atoms with E-state index in [0.29, 0.717) is 19.4 Å². The number of rotatable bonds is 2. The van der Waals surface area contributed by atoms with Crippen molar-refractivity contribution in [2.24, 2.45) is 11.3 Å². The Morgan fingerprint density at radius 2 is 1.84 bits per heavy atom. The van der Waals surface area contributed by atoms with Gasteiger partial charge in [0.15, 0.2) is 0 Å². The second-order valence-corrected chi connectivity index (χ2v) is 6.33. The predicted octanol–water partition coefficient (Wildman–Crippen LogP) is 2.44. The molecule has 0 aromatic heterocycles. The van der Waals surface area contributed by atoms with Gasteiger partial charge in [-0.15, -0.1) is 0 Å². The first-order chi connectivity index (χ1) is 8.78. The van der Waals surface area contributed by atoms with E-state index in [-0.39, 0.29) is 29.4 Å². The zero-order chi connectivity index (χ0) is 14.6. The van der Waals surface area contributed by atoms with Crippen molar-refractivity contribution in [2.75, 3.05) is 20.8 Å². The fourth-order valence-corrected chi connectivity index (χ4v) is 2.69. The molecule has 2 atom stereocenters. The van der Waals surface area contributed by atoms with Crippen molar-refractivity contribution in [3.05, 3.63) is 0 Å². The molecular weight excluding hydrogens is 246 g/mol. The topological polar surface area (TPSA) is 55.8 Å². The highest BCUT2D eigenvalue weighted by Gasteiger charge is 2.37. The van der Waals surface area contributed by atoms with Crippen molar-refractivity contribution >= 4 is 12.1 Å². The third-order valence-corrected chi connectivity index (χ3v) is 3.51. The fraction of sp³-hybridized carbons (Fsp3) is 0.857. The van der Waals surface area contributed by atoms with E-state index in [4.69, 9.17) is 9.47 Å². The van der Waals surface area contributed by atoms with Crippen LogP contribution in [0.15, 0.2) is 0 Å². The second-order valence-electron chi connectivity index (χ2n) is 6.33. The molecule has 5 heteroatoms. The summed E-state index contributed by atoms with van der Waals surface area (Å²) in [6.45, 7) is 6.94. The van der Waals surface area contributed by atoms with Crippen LogP contribution < -0.4 is 0 Å². The number of methoxy groups -OCH3 is 2. The number of hydrogen-bond acceptors (Lipinski definition) is 4. The maximum absolute atomic E-state index is 11.8. The van der Waals surface area contributed by atoms with Crippen LogP contribution in [-0.2, 0) is 14.3 Å². The SMILES string of the molecule is COC(=O)[C@H]1CCN(C(=O)OC)[C@@H](CC(C)(C)C)C1. The van der Waals surface area contributed by atoms with Crippen LogP contribution in [0, 0.1) is 11.3 Å². The maximum Gasteiger partial charge on any atom is 0.409 e. The number of nitrogens with zero attached hydrogens (tertiary/aromatic N) is 1. The van der Waals surface area contributed by atoms with E-state index < -0.39 is 0 Å². The molecule has 1 amide bonds. The van der Waals surface area contributed by atoms with Crippen LogP contribution in [-0.4, -0.2) is 43.8 Å². The summed E-state index contributed by atoms with van der Waals surface area (Å²) in [5, 5.41) is 0. The molecule has 110 valence electrons. The van der Waals surface area contributed by atoms with Crippen LogP contribution in [0.4, 0.5) is 4.79 Å². The summed E-state index contributed by atoms with van der Waals surface area (Å²) in [4.78, 5) is 25.2. The lowest BCUT2D eigenvalue weighted by Gasteiger charge is -2.40. The van der Waals surface area contributed by atoms with E-state index in [1.807, 2.05) is 0 Å². The molecule has 0 bridgehead atoms. The number of carbonyl (C=O) groups is 2. The maximum atomic E-state index is 11.8. The van der Waals surface area contributed by atoms with Gasteiger partial charge in [0.1, 0.15) is 0 Å². The zero-order valence-corrected chi connectivity index (χ0v) is 12.6. The van der Waals surface area contributed by atoms with E-state index in [2.05, 4.69) is 20.8 Å². The number of amides is 1. The van der Waals surface area contributed by atoms with Gasteiger partial charge in [0.05, 0.1) is 20.1 Å². The lowest BCUT2D eigenvalue weighted by atomic mass is 9.81. The van der Waals surface area contributed by atoms with E-state index in [1.54, 1.807) is 4.90 Å². The Hall–Kier alpha value is -1.26. The summed E-state index contributed by atoms with van der Waals surface area (Å²) in [6.07, 6.45) is 1.83. The van der Waals surface area contributed by atoms with Crippen molar-refractivity contribution in [1.29, 1.82) is 0 Å². The third kappa shape index (κ3) is 4.40. The van der Waals surface area contributed by atoms with Crippen molar-refractivity contribution in [2.45, 2.75) is 46.1 Å². The Bertz CT molecular complexity index is 335. The Balaban J connectivity index is 2.80. The number of likely N-dealkylation sites (tertiary alicyclic amines) is 1. The molecule has 1 aliphatic rings. The van der Waals surface area contributed by atoms with Crippen molar-refractivity contribution in [3.63, 3.8) is 0 Å². The quantitative estimate of drug-likeness (QED) is 0.724. The first-order valence-electron chi connectivity index (χ1n) is 6.71. The van der Waals surface area contributed by atoms with Crippen molar-refractivity contribution in [1.82, 2.24) is 4.90 Å². The Morgan fingerprint density at radius 3 is 2.32 bits per heavy atom. The largest absolute Gasteiger partial charge is 0.469 e. The fourth-order valence-electron chi connectivity index (χ4n) is 2.69. The molecule has 5 nitrogen and oxygen atoms in total. The Labute approximate surface area is 115 Å². The van der Waals surface area contributed by atoms with Gasteiger partial charge in [0, 0.05) is 12.6 Å². The first-order valence-corrected chi connectivity index (χ1v) is 6.71. The highest BCUT2D eigenvalue weighted by molar-refractivity contribution is 5.73. The predicted molar refractivity (Wildman–Crippen MR) is 71.7 cm³/mol. The summed E-state index contributed by atoms with van der Waals surface area (Å²) < 4.78 is 9.64. The Kier molecular flexibility index (Phi) is 5.20. The summed E-state index contributed by atoms with van der Waals surface area (Å²) in [7, 11) is 2.80. The molecule has 0 N–H and O–H groups in total. The standard InChI is InChI=1S/C14H25NO4/c1-14(2,3)9-11-8-10(12(16)18-4)6-7-15(11)13(17)19-5/h10-11H,6-9H2,1-5H3/t10-,11+/m0/s1. The molecule has 1 aliphatic heterocycles. The summed E-state index contributed by atoms with van der Waals surface area (Å²) in [5.41, 5.74) is 0.0922. The summed E-state index contributed by atoms with van der Waals surface area (Å²) in [5.74, 6) is -0.290. The van der Waals surface area contributed by atoms with Gasteiger partial charge < -0.3 is 14.4 Å². The van der Waals surface area contributed by atoms with E-state index >= 15 is 0 Å². The first kappa shape index (κ1) is 15.8. The number of esters is 1. The number of ether oxygens (including phenoxy) is 2. The average molecular weight is 271 g/mol. The van der Waals surface area contributed by atoms with E-state index in [0.717, 1.165) is 6.42 Å². The molecule has 0 aromatic carbocycles. The molecule has 1 saturated heterocycles. The molecule has 0 unspecified atom stereocenters. The van der Waals surface area contributed by atoms with Gasteiger partial charge in [-0.2, -0.15) is 0 Å². The van der Waals surface area contributed by atoms with E-state index in [1.165, 1.54) is 14.2 Å². The highest BCUT2D eigenvalue weighted by atomic mass is 16.5. The molecule has 0 saturated carbocycles. The molecule has 0 aromatic rings. The van der Waals surface area contributed by atoms with Crippen LogP contribution >= 0.6 is 0 Å². The van der Waals surface area contributed by atoms with Crippen LogP contribution in [0.1, 0.15) is 40.0 Å². The van der Waals surface area contributed by atoms with Crippen molar-refractivity contribution < 1.29 is 19.1 Å². The molecule has 0 spiro atoms. The second kappa shape index (κ2) is 6.26.